The van der Waals surface area contributed by atoms with Gasteiger partial charge in [-0.15, -0.1) is 0 Å². The van der Waals surface area contributed by atoms with E-state index in [9.17, 15) is 9.90 Å². The van der Waals surface area contributed by atoms with Gasteiger partial charge in [0.15, 0.2) is 0 Å². The van der Waals surface area contributed by atoms with Crippen molar-refractivity contribution in [3.05, 3.63) is 35.9 Å². The van der Waals surface area contributed by atoms with Crippen LogP contribution in [-0.2, 0) is 4.79 Å². The molecule has 1 aliphatic rings. The van der Waals surface area contributed by atoms with Crippen molar-refractivity contribution in [3.63, 3.8) is 0 Å². The number of carboxylic acid groups (broad SMARTS) is 1. The number of hydrogen-bond acceptors (Lipinski definition) is 3. The van der Waals surface area contributed by atoms with Gasteiger partial charge in [-0.3, -0.25) is 9.69 Å². The van der Waals surface area contributed by atoms with Gasteiger partial charge in [0.05, 0.1) is 12.6 Å². The lowest BCUT2D eigenvalue weighted by Crippen LogP contribution is -2.35. The molecule has 2 rings (SSSR count). The van der Waals surface area contributed by atoms with Crippen LogP contribution in [-0.4, -0.2) is 40.7 Å². The van der Waals surface area contributed by atoms with Gasteiger partial charge in [-0.05, 0) is 24.3 Å². The first-order chi connectivity index (χ1) is 8.65. The van der Waals surface area contributed by atoms with Crippen molar-refractivity contribution >= 4 is 5.97 Å². The van der Waals surface area contributed by atoms with Crippen molar-refractivity contribution in [2.45, 2.75) is 18.9 Å². The van der Waals surface area contributed by atoms with Crippen molar-refractivity contribution in [1.29, 1.82) is 0 Å². The number of rotatable bonds is 7. The van der Waals surface area contributed by atoms with E-state index in [1.54, 1.807) is 0 Å². The molecule has 1 saturated carbocycles. The molecule has 98 valence electrons. The molecule has 0 aliphatic heterocycles. The Kier molecular flexibility index (Phi) is 4.33. The van der Waals surface area contributed by atoms with Crippen LogP contribution in [0.4, 0.5) is 0 Å². The van der Waals surface area contributed by atoms with Crippen LogP contribution in [0, 0.1) is 5.92 Å². The molecule has 0 bridgehead atoms. The summed E-state index contributed by atoms with van der Waals surface area (Å²) >= 11 is 0. The minimum atomic E-state index is -0.837. The largest absolute Gasteiger partial charge is 0.480 e. The van der Waals surface area contributed by atoms with Gasteiger partial charge in [0.25, 0.3) is 0 Å². The number of aliphatic hydroxyl groups is 1. The van der Waals surface area contributed by atoms with E-state index in [1.165, 1.54) is 12.8 Å². The molecule has 1 fully saturated rings. The van der Waals surface area contributed by atoms with Crippen LogP contribution in [0.25, 0.3) is 0 Å². The number of nitrogens with zero attached hydrogens (tertiary/aromatic N) is 1. The highest BCUT2D eigenvalue weighted by Crippen LogP contribution is 2.30. The summed E-state index contributed by atoms with van der Waals surface area (Å²) in [6.45, 7) is 1.16. The van der Waals surface area contributed by atoms with Crippen molar-refractivity contribution in [3.8, 4) is 0 Å². The summed E-state index contributed by atoms with van der Waals surface area (Å²) in [5, 5.41) is 19.0. The van der Waals surface area contributed by atoms with E-state index < -0.39 is 12.1 Å². The van der Waals surface area contributed by atoms with Crippen LogP contribution in [0.3, 0.4) is 0 Å². The summed E-state index contributed by atoms with van der Waals surface area (Å²) in [7, 11) is 0. The smallest absolute Gasteiger partial charge is 0.317 e. The Morgan fingerprint density at radius 1 is 1.33 bits per heavy atom. The fourth-order valence-electron chi connectivity index (χ4n) is 2.09. The molecule has 4 heteroatoms. The minimum Gasteiger partial charge on any atom is -0.480 e. The van der Waals surface area contributed by atoms with Crippen molar-refractivity contribution < 1.29 is 15.0 Å². The lowest BCUT2D eigenvalue weighted by Gasteiger charge is -2.23. The average molecular weight is 249 g/mol. The molecule has 0 heterocycles. The molecule has 0 amide bonds. The SMILES string of the molecule is O=C(O)CN(CC1CC1)CC(O)c1ccccc1. The van der Waals surface area contributed by atoms with E-state index in [0.29, 0.717) is 12.5 Å². The molecule has 0 aromatic heterocycles. The van der Waals surface area contributed by atoms with Crippen molar-refractivity contribution in [2.75, 3.05) is 19.6 Å². The Hall–Kier alpha value is -1.39. The third kappa shape index (κ3) is 4.13. The molecule has 0 saturated heterocycles. The second kappa shape index (κ2) is 5.98. The van der Waals surface area contributed by atoms with E-state index in [1.807, 2.05) is 35.2 Å². The molecule has 18 heavy (non-hydrogen) atoms. The number of benzene rings is 1. The number of aliphatic hydroxyl groups excluding tert-OH is 1. The molecule has 1 aromatic rings. The van der Waals surface area contributed by atoms with Crippen LogP contribution < -0.4 is 0 Å². The summed E-state index contributed by atoms with van der Waals surface area (Å²) in [5.74, 6) is -0.219. The highest BCUT2D eigenvalue weighted by molar-refractivity contribution is 5.69. The first-order valence-electron chi connectivity index (χ1n) is 6.32. The predicted molar refractivity (Wildman–Crippen MR) is 68.2 cm³/mol. The number of carboxylic acids is 1. The van der Waals surface area contributed by atoms with Crippen LogP contribution >= 0.6 is 0 Å². The highest BCUT2D eigenvalue weighted by Gasteiger charge is 2.26. The second-order valence-corrected chi connectivity index (χ2v) is 4.96. The maximum atomic E-state index is 10.8. The summed E-state index contributed by atoms with van der Waals surface area (Å²) in [4.78, 5) is 12.6. The second-order valence-electron chi connectivity index (χ2n) is 4.96. The fourth-order valence-corrected chi connectivity index (χ4v) is 2.09. The van der Waals surface area contributed by atoms with Crippen LogP contribution in [0.2, 0.25) is 0 Å². The lowest BCUT2D eigenvalue weighted by molar-refractivity contribution is -0.138. The number of carbonyl (C=O) groups is 1. The summed E-state index contributed by atoms with van der Waals surface area (Å²) in [6.07, 6.45) is 1.74. The molecule has 0 radical (unpaired) electrons. The Morgan fingerprint density at radius 2 is 2.00 bits per heavy atom. The van der Waals surface area contributed by atoms with Gasteiger partial charge >= 0.3 is 5.97 Å². The van der Waals surface area contributed by atoms with Gasteiger partial charge in [-0.2, -0.15) is 0 Å². The van der Waals surface area contributed by atoms with Gasteiger partial charge in [-0.25, -0.2) is 0 Å². The maximum Gasteiger partial charge on any atom is 0.317 e. The molecular weight excluding hydrogens is 230 g/mol. The Morgan fingerprint density at radius 3 is 2.56 bits per heavy atom. The summed E-state index contributed by atoms with van der Waals surface area (Å²) in [6, 6.07) is 9.37. The lowest BCUT2D eigenvalue weighted by atomic mass is 10.1. The Labute approximate surface area is 107 Å². The third-order valence-electron chi connectivity index (χ3n) is 3.19. The van der Waals surface area contributed by atoms with E-state index >= 15 is 0 Å². The number of hydrogen-bond donors (Lipinski definition) is 2. The zero-order valence-electron chi connectivity index (χ0n) is 10.3. The van der Waals surface area contributed by atoms with Gasteiger partial charge in [-0.1, -0.05) is 30.3 Å². The van der Waals surface area contributed by atoms with E-state index in [0.717, 1.165) is 12.1 Å². The molecule has 1 unspecified atom stereocenters. The first-order valence-corrected chi connectivity index (χ1v) is 6.32. The molecule has 2 N–H and O–H groups in total. The predicted octanol–water partition coefficient (Wildman–Crippen LogP) is 1.52. The number of aliphatic carboxylic acids is 1. The Balaban J connectivity index is 1.92. The Bertz CT molecular complexity index is 389. The quantitative estimate of drug-likeness (QED) is 0.769. The molecule has 1 atom stereocenters. The molecule has 0 spiro atoms. The van der Waals surface area contributed by atoms with Crippen LogP contribution in [0.15, 0.2) is 30.3 Å². The molecule has 4 nitrogen and oxygen atoms in total. The normalized spacial score (nSPS) is 16.8. The van der Waals surface area contributed by atoms with E-state index in [2.05, 4.69) is 0 Å². The maximum absolute atomic E-state index is 10.8. The van der Waals surface area contributed by atoms with Gasteiger partial charge < -0.3 is 10.2 Å². The zero-order chi connectivity index (χ0) is 13.0. The molecular formula is C14H19NO3. The monoisotopic (exact) mass is 249 g/mol. The molecule has 1 aliphatic carbocycles. The van der Waals surface area contributed by atoms with Crippen LogP contribution in [0.5, 0.6) is 0 Å². The highest BCUT2D eigenvalue weighted by atomic mass is 16.4. The van der Waals surface area contributed by atoms with Gasteiger partial charge in [0.1, 0.15) is 0 Å². The standard InChI is InChI=1S/C14H19NO3/c16-13(12-4-2-1-3-5-12)9-15(10-14(17)18)8-11-6-7-11/h1-5,11,13,16H,6-10H2,(H,17,18). The fraction of sp³-hybridized carbons (Fsp3) is 0.500. The van der Waals surface area contributed by atoms with Crippen molar-refractivity contribution in [2.24, 2.45) is 5.92 Å². The van der Waals surface area contributed by atoms with Gasteiger partial charge in [0.2, 0.25) is 0 Å². The molecule has 1 aromatic carbocycles. The summed E-state index contributed by atoms with van der Waals surface area (Å²) < 4.78 is 0. The summed E-state index contributed by atoms with van der Waals surface area (Å²) in [5.41, 5.74) is 0.837. The van der Waals surface area contributed by atoms with Crippen LogP contribution in [0.1, 0.15) is 24.5 Å². The van der Waals surface area contributed by atoms with E-state index in [-0.39, 0.29) is 6.54 Å². The topological polar surface area (TPSA) is 60.8 Å². The minimum absolute atomic E-state index is 0.000390. The third-order valence-corrected chi connectivity index (χ3v) is 3.19. The zero-order valence-corrected chi connectivity index (χ0v) is 10.3. The first kappa shape index (κ1) is 13.1. The average Bonchev–Trinajstić information content (AvgIpc) is 3.13. The van der Waals surface area contributed by atoms with Crippen molar-refractivity contribution in [1.82, 2.24) is 4.90 Å². The van der Waals surface area contributed by atoms with E-state index in [4.69, 9.17) is 5.11 Å². The van der Waals surface area contributed by atoms with Gasteiger partial charge in [0, 0.05) is 13.1 Å².